The molecule has 0 aromatic carbocycles. The molecule has 14 heteroatoms. The van der Waals surface area contributed by atoms with E-state index in [0.29, 0.717) is 12.8 Å². The van der Waals surface area contributed by atoms with Gasteiger partial charge in [-0.1, -0.05) is 294 Å². The molecule has 2 aliphatic rings. The first-order chi connectivity index (χ1) is 41.1. The molecule has 0 aromatic rings. The first kappa shape index (κ1) is 78.3. The molecule has 2 fully saturated rings. The molecule has 0 aliphatic carbocycles. The lowest BCUT2D eigenvalue weighted by molar-refractivity contribution is -0.359. The zero-order valence-electron chi connectivity index (χ0n) is 53.7. The third-order valence-electron chi connectivity index (χ3n) is 17.3. The van der Waals surface area contributed by atoms with Gasteiger partial charge in [0.05, 0.1) is 32.0 Å². The lowest BCUT2D eigenvalue weighted by Crippen LogP contribution is -2.65. The number of nitrogens with one attached hydrogen (secondary N) is 1. The Balaban J connectivity index is 1.70. The van der Waals surface area contributed by atoms with E-state index in [0.717, 1.165) is 44.9 Å². The molecule has 9 N–H and O–H groups in total. The summed E-state index contributed by atoms with van der Waals surface area (Å²) >= 11 is 0. The van der Waals surface area contributed by atoms with E-state index >= 15 is 0 Å². The zero-order valence-corrected chi connectivity index (χ0v) is 53.7. The Morgan fingerprint density at radius 1 is 0.417 bits per heavy atom. The molecular formula is C70H131NO13. The van der Waals surface area contributed by atoms with Crippen LogP contribution in [0.3, 0.4) is 0 Å². The average Bonchev–Trinajstić information content (AvgIpc) is 3.64. The lowest BCUT2D eigenvalue weighted by Gasteiger charge is -2.46. The van der Waals surface area contributed by atoms with Gasteiger partial charge in [0.15, 0.2) is 12.6 Å². The second kappa shape index (κ2) is 55.3. The van der Waals surface area contributed by atoms with Gasteiger partial charge in [-0.25, -0.2) is 0 Å². The number of aliphatic hydroxyl groups is 8. The molecule has 0 spiro atoms. The van der Waals surface area contributed by atoms with Crippen molar-refractivity contribution in [2.24, 2.45) is 0 Å². The van der Waals surface area contributed by atoms with Gasteiger partial charge in [0.2, 0.25) is 5.91 Å². The third-order valence-corrected chi connectivity index (χ3v) is 17.3. The van der Waals surface area contributed by atoms with Gasteiger partial charge in [-0.3, -0.25) is 4.79 Å². The van der Waals surface area contributed by atoms with E-state index in [1.54, 1.807) is 6.08 Å². The number of aliphatic hydroxyl groups excluding tert-OH is 8. The minimum atomic E-state index is -1.79. The van der Waals surface area contributed by atoms with Gasteiger partial charge >= 0.3 is 0 Å². The fraction of sp³-hybridized carbons (Fsp3) is 0.900. The first-order valence-corrected chi connectivity index (χ1v) is 35.2. The molecule has 0 saturated carbocycles. The van der Waals surface area contributed by atoms with E-state index in [1.165, 1.54) is 231 Å². The summed E-state index contributed by atoms with van der Waals surface area (Å²) < 4.78 is 22.8. The van der Waals surface area contributed by atoms with Crippen LogP contribution in [0, 0.1) is 0 Å². The van der Waals surface area contributed by atoms with E-state index in [-0.39, 0.29) is 18.9 Å². The maximum absolute atomic E-state index is 13.3. The molecular weight excluding hydrogens is 1060 g/mol. The molecule has 2 saturated heterocycles. The number of carbonyl (C=O) groups is 1. The van der Waals surface area contributed by atoms with Gasteiger partial charge in [0.25, 0.3) is 0 Å². The van der Waals surface area contributed by atoms with Crippen LogP contribution in [-0.4, -0.2) is 140 Å². The minimum Gasteiger partial charge on any atom is -0.394 e. The predicted octanol–water partition coefficient (Wildman–Crippen LogP) is 14.1. The molecule has 1 amide bonds. The van der Waals surface area contributed by atoms with Crippen molar-refractivity contribution in [3.05, 3.63) is 36.5 Å². The molecule has 2 heterocycles. The van der Waals surface area contributed by atoms with E-state index in [1.807, 2.05) is 6.08 Å². The first-order valence-electron chi connectivity index (χ1n) is 35.2. The van der Waals surface area contributed by atoms with E-state index < -0.39 is 86.8 Å². The number of amides is 1. The van der Waals surface area contributed by atoms with E-state index in [4.69, 9.17) is 18.9 Å². The standard InChI is InChI=1S/C70H131NO13/c1-3-5-7-9-11-13-15-17-19-21-23-25-26-27-28-29-30-31-32-33-34-35-37-39-41-43-45-47-49-51-53-59(74)58(71-62(75)54-52-50-48-46-44-42-40-38-36-24-22-20-18-16-14-12-10-8-6-4-2)57-81-69-67(80)65(78)68(61(56-73)83-69)84-70-66(79)64(77)63(76)60(55-72)82-70/h35,37,43,45,51,53,58-61,63-70,72-74,76-80H,3-34,36,38-42,44,46-50,52,54-57H2,1-2H3,(H,71,75)/b37-35+,45-43+,53-51+. The lowest BCUT2D eigenvalue weighted by atomic mass is 9.97. The number of ether oxygens (including phenoxy) is 4. The predicted molar refractivity (Wildman–Crippen MR) is 341 cm³/mol. The maximum Gasteiger partial charge on any atom is 0.220 e. The number of hydrogen-bond acceptors (Lipinski definition) is 13. The molecule has 0 aromatic heterocycles. The highest BCUT2D eigenvalue weighted by Gasteiger charge is 2.51. The SMILES string of the molecule is CCCCCCCCCCCCCCCCCCCCCC/C=C/CC/C=C/CC/C=C/C(O)C(COC1OC(CO)C(OC2OC(CO)C(O)C(O)C2O)C(O)C1O)NC(=O)CCCCCCCCCCCCCCCCCCCCCC. The molecule has 14 nitrogen and oxygen atoms in total. The van der Waals surface area contributed by atoms with Crippen molar-refractivity contribution in [1.29, 1.82) is 0 Å². The summed E-state index contributed by atoms with van der Waals surface area (Å²) in [6, 6.07) is -0.937. The van der Waals surface area contributed by atoms with Crippen molar-refractivity contribution in [2.45, 2.75) is 383 Å². The summed E-state index contributed by atoms with van der Waals surface area (Å²) in [5.74, 6) is -0.248. The van der Waals surface area contributed by atoms with Crippen LogP contribution in [0.5, 0.6) is 0 Å². The van der Waals surface area contributed by atoms with Crippen LogP contribution in [0.2, 0.25) is 0 Å². The van der Waals surface area contributed by atoms with E-state index in [2.05, 4.69) is 43.5 Å². The highest BCUT2D eigenvalue weighted by Crippen LogP contribution is 2.30. The molecule has 2 aliphatic heterocycles. The molecule has 12 atom stereocenters. The topological polar surface area (TPSA) is 228 Å². The van der Waals surface area contributed by atoms with Gasteiger partial charge in [0, 0.05) is 6.42 Å². The Kier molecular flexibility index (Phi) is 51.5. The van der Waals surface area contributed by atoms with Crippen LogP contribution < -0.4 is 5.32 Å². The van der Waals surface area contributed by atoms with Gasteiger partial charge < -0.3 is 65.1 Å². The van der Waals surface area contributed by atoms with Crippen LogP contribution in [0.1, 0.15) is 309 Å². The van der Waals surface area contributed by atoms with Crippen molar-refractivity contribution in [1.82, 2.24) is 5.32 Å². The monoisotopic (exact) mass is 1190 g/mol. The minimum absolute atomic E-state index is 0.248. The second-order valence-electron chi connectivity index (χ2n) is 25.0. The van der Waals surface area contributed by atoms with Crippen LogP contribution in [-0.2, 0) is 23.7 Å². The van der Waals surface area contributed by atoms with Gasteiger partial charge in [-0.15, -0.1) is 0 Å². The van der Waals surface area contributed by atoms with Gasteiger partial charge in [-0.2, -0.15) is 0 Å². The van der Waals surface area contributed by atoms with Crippen LogP contribution in [0.15, 0.2) is 36.5 Å². The zero-order chi connectivity index (χ0) is 60.9. The number of carbonyl (C=O) groups excluding carboxylic acids is 1. The Bertz CT molecular complexity index is 1550. The van der Waals surface area contributed by atoms with Crippen molar-refractivity contribution < 1.29 is 64.6 Å². The summed E-state index contributed by atoms with van der Waals surface area (Å²) in [6.07, 6.45) is 53.5. The van der Waals surface area contributed by atoms with Crippen LogP contribution in [0.4, 0.5) is 0 Å². The fourth-order valence-electron chi connectivity index (χ4n) is 11.7. The molecule has 2 rings (SSSR count). The Labute approximate surface area is 512 Å². The number of allylic oxidation sites excluding steroid dienone is 5. The fourth-order valence-corrected chi connectivity index (χ4v) is 11.7. The summed E-state index contributed by atoms with van der Waals surface area (Å²) in [6.45, 7) is 2.82. The highest BCUT2D eigenvalue weighted by atomic mass is 16.7. The van der Waals surface area contributed by atoms with Crippen LogP contribution in [0.25, 0.3) is 0 Å². The molecule has 0 radical (unpaired) electrons. The molecule has 12 unspecified atom stereocenters. The quantitative estimate of drug-likeness (QED) is 0.0204. The maximum atomic E-state index is 13.3. The Morgan fingerprint density at radius 2 is 0.762 bits per heavy atom. The van der Waals surface area contributed by atoms with E-state index in [9.17, 15) is 45.6 Å². The molecule has 84 heavy (non-hydrogen) atoms. The van der Waals surface area contributed by atoms with Crippen LogP contribution >= 0.6 is 0 Å². The van der Waals surface area contributed by atoms with Crippen molar-refractivity contribution >= 4 is 5.91 Å². The summed E-state index contributed by atoms with van der Waals surface area (Å²) in [5.41, 5.74) is 0. The number of rotatable bonds is 58. The Morgan fingerprint density at radius 3 is 1.17 bits per heavy atom. The number of unbranched alkanes of at least 4 members (excludes halogenated alkanes) is 41. The molecule has 0 bridgehead atoms. The second-order valence-corrected chi connectivity index (χ2v) is 25.0. The normalized spacial score (nSPS) is 23.8. The van der Waals surface area contributed by atoms with Crippen molar-refractivity contribution in [3.63, 3.8) is 0 Å². The third kappa shape index (κ3) is 39.3. The summed E-state index contributed by atoms with van der Waals surface area (Å²) in [7, 11) is 0. The largest absolute Gasteiger partial charge is 0.394 e. The van der Waals surface area contributed by atoms with Crippen molar-refractivity contribution in [3.8, 4) is 0 Å². The van der Waals surface area contributed by atoms with Gasteiger partial charge in [-0.05, 0) is 44.9 Å². The van der Waals surface area contributed by atoms with Crippen molar-refractivity contribution in [2.75, 3.05) is 19.8 Å². The Hall–Kier alpha value is -1.79. The highest BCUT2D eigenvalue weighted by molar-refractivity contribution is 5.76. The smallest absolute Gasteiger partial charge is 0.220 e. The summed E-state index contributed by atoms with van der Waals surface area (Å²) in [4.78, 5) is 13.3. The van der Waals surface area contributed by atoms with Gasteiger partial charge in [0.1, 0.15) is 48.8 Å². The summed E-state index contributed by atoms with van der Waals surface area (Å²) in [5, 5.41) is 87.4. The number of hydrogen-bond donors (Lipinski definition) is 9. The molecule has 494 valence electrons. The average molecular weight is 1190 g/mol.